The van der Waals surface area contributed by atoms with Gasteiger partial charge in [0.15, 0.2) is 0 Å². The van der Waals surface area contributed by atoms with E-state index in [0.717, 1.165) is 96.6 Å². The summed E-state index contributed by atoms with van der Waals surface area (Å²) in [7, 11) is 3.45. The zero-order chi connectivity index (χ0) is 35.4. The fraction of sp³-hybridized carbons (Fsp3) is 0.381. The Morgan fingerprint density at radius 2 is 1.37 bits per heavy atom. The highest BCUT2D eigenvalue weighted by molar-refractivity contribution is 6.39. The van der Waals surface area contributed by atoms with Crippen LogP contribution in [0, 0.1) is 5.92 Å². The van der Waals surface area contributed by atoms with E-state index >= 15 is 0 Å². The van der Waals surface area contributed by atoms with E-state index in [1.807, 2.05) is 24.3 Å². The summed E-state index contributed by atoms with van der Waals surface area (Å²) in [6, 6.07) is 21.5. The number of benzene rings is 4. The summed E-state index contributed by atoms with van der Waals surface area (Å²) in [5.74, 6) is 2.26. The predicted octanol–water partition coefficient (Wildman–Crippen LogP) is 8.38. The molecule has 2 fully saturated rings. The number of hydrogen-bond donors (Lipinski definition) is 2. The van der Waals surface area contributed by atoms with Gasteiger partial charge in [0.05, 0.1) is 24.3 Å². The smallest absolute Gasteiger partial charge is 0.220 e. The second-order valence-corrected chi connectivity index (χ2v) is 15.2. The van der Waals surface area contributed by atoms with Crippen LogP contribution in [0.3, 0.4) is 0 Å². The zero-order valence-corrected chi connectivity index (χ0v) is 30.8. The number of methoxy groups -OCH3 is 2. The maximum Gasteiger partial charge on any atom is 0.220 e. The minimum Gasteiger partial charge on any atom is -0.496 e. The summed E-state index contributed by atoms with van der Waals surface area (Å²) in [6.07, 6.45) is 5.34. The van der Waals surface area contributed by atoms with Crippen molar-refractivity contribution in [2.24, 2.45) is 5.92 Å². The van der Waals surface area contributed by atoms with E-state index in [-0.39, 0.29) is 35.7 Å². The van der Waals surface area contributed by atoms with Crippen molar-refractivity contribution in [1.29, 1.82) is 0 Å². The van der Waals surface area contributed by atoms with Gasteiger partial charge in [-0.3, -0.25) is 14.5 Å². The van der Waals surface area contributed by atoms with E-state index in [4.69, 9.17) is 32.7 Å². The van der Waals surface area contributed by atoms with Gasteiger partial charge < -0.3 is 20.1 Å². The van der Waals surface area contributed by atoms with E-state index in [2.05, 4.69) is 51.9 Å². The van der Waals surface area contributed by atoms with Crippen LogP contribution >= 0.6 is 23.2 Å². The Morgan fingerprint density at radius 1 is 0.804 bits per heavy atom. The summed E-state index contributed by atoms with van der Waals surface area (Å²) in [5.41, 5.74) is 10.5. The van der Waals surface area contributed by atoms with Crippen LogP contribution in [-0.4, -0.2) is 56.5 Å². The number of nitrogens with zero attached hydrogens (tertiary/aromatic N) is 1. The van der Waals surface area contributed by atoms with Gasteiger partial charge in [0.25, 0.3) is 0 Å². The van der Waals surface area contributed by atoms with Crippen LogP contribution in [0.5, 0.6) is 11.5 Å². The monoisotopic (exact) mass is 723 g/mol. The summed E-state index contributed by atoms with van der Waals surface area (Å²) in [4.78, 5) is 26.0. The van der Waals surface area contributed by atoms with Gasteiger partial charge in [-0.05, 0) is 73.4 Å². The highest BCUT2D eigenvalue weighted by atomic mass is 35.5. The van der Waals surface area contributed by atoms with Gasteiger partial charge in [0, 0.05) is 83.5 Å². The van der Waals surface area contributed by atoms with E-state index in [9.17, 15) is 9.59 Å². The van der Waals surface area contributed by atoms with Gasteiger partial charge in [-0.15, -0.1) is 0 Å². The van der Waals surface area contributed by atoms with Crippen molar-refractivity contribution in [3.8, 4) is 44.9 Å². The Bertz CT molecular complexity index is 2040. The molecule has 4 aliphatic rings. The number of likely N-dealkylation sites (tertiary alicyclic amines) is 1. The van der Waals surface area contributed by atoms with Gasteiger partial charge in [-0.1, -0.05) is 71.7 Å². The summed E-state index contributed by atoms with van der Waals surface area (Å²) in [5, 5.41) is 8.01. The molecule has 0 unspecified atom stereocenters. The van der Waals surface area contributed by atoms with Crippen molar-refractivity contribution in [3.63, 3.8) is 0 Å². The lowest BCUT2D eigenvalue weighted by Crippen LogP contribution is -2.50. The molecule has 2 aliphatic carbocycles. The van der Waals surface area contributed by atoms with Crippen LogP contribution in [0.2, 0.25) is 10.0 Å². The molecule has 2 N–H and O–H groups in total. The number of amides is 1. The van der Waals surface area contributed by atoms with Crippen LogP contribution < -0.4 is 20.1 Å². The first-order valence-corrected chi connectivity index (χ1v) is 18.8. The molecule has 9 heteroatoms. The standard InChI is InChI=1S/C42H43Cl2N3O4/c1-23(48)28-21-47(22-28)35-14-11-25-17-27(19-37(51-3)40(25)35)31-7-5-9-33(42(31)44)32-8-4-6-30(41(32)43)26-16-24-10-13-34(39(24)36(18-26)50-2)45-20-29-12-15-38(49)46-29/h4-9,16-19,28-29,34-35,45H,10-15,20-22H2,1-3H3,(H,46,49)/t29-,34-,35+/m0/s1. The maximum absolute atomic E-state index is 11.9. The normalized spacial score (nSPS) is 21.3. The highest BCUT2D eigenvalue weighted by Gasteiger charge is 2.40. The molecule has 0 saturated carbocycles. The summed E-state index contributed by atoms with van der Waals surface area (Å²) in [6.45, 7) is 4.07. The summed E-state index contributed by atoms with van der Waals surface area (Å²) < 4.78 is 12.0. The van der Waals surface area contributed by atoms with Gasteiger partial charge in [0.2, 0.25) is 5.91 Å². The molecule has 0 spiro atoms. The number of hydrogen-bond acceptors (Lipinski definition) is 6. The molecule has 1 amide bonds. The topological polar surface area (TPSA) is 79.9 Å². The van der Waals surface area contributed by atoms with Crippen molar-refractivity contribution in [3.05, 3.63) is 93.0 Å². The van der Waals surface area contributed by atoms with Gasteiger partial charge in [0.1, 0.15) is 17.3 Å². The molecule has 3 atom stereocenters. The SMILES string of the molecule is COc1cc(-c2cccc(-c3cccc(-c4cc5c(c(OC)c4)[C@H](N4CC(C(C)=O)C4)CC5)c3Cl)c2Cl)cc2c1[C@@H](NC[C@@H]1CCC(=O)N1)CC2. The number of ketones is 1. The third-order valence-electron chi connectivity index (χ3n) is 11.5. The second kappa shape index (κ2) is 13.9. The Hall–Kier alpha value is -3.88. The molecule has 4 aromatic carbocycles. The third kappa shape index (κ3) is 6.22. The highest BCUT2D eigenvalue weighted by Crippen LogP contribution is 2.49. The van der Waals surface area contributed by atoms with Crippen LogP contribution in [-0.2, 0) is 22.4 Å². The molecule has 2 aliphatic heterocycles. The van der Waals surface area contributed by atoms with Gasteiger partial charge in [-0.2, -0.15) is 0 Å². The Labute approximate surface area is 309 Å². The Kier molecular flexibility index (Phi) is 9.34. The van der Waals surface area contributed by atoms with Crippen LogP contribution in [0.25, 0.3) is 33.4 Å². The number of nitrogens with one attached hydrogen (secondary N) is 2. The lowest BCUT2D eigenvalue weighted by molar-refractivity contribution is -0.127. The van der Waals surface area contributed by atoms with E-state index in [0.29, 0.717) is 16.5 Å². The molecule has 0 aromatic heterocycles. The van der Waals surface area contributed by atoms with Crippen LogP contribution in [0.4, 0.5) is 0 Å². The first kappa shape index (κ1) is 34.2. The molecule has 2 heterocycles. The second-order valence-electron chi connectivity index (χ2n) is 14.5. The fourth-order valence-electron chi connectivity index (χ4n) is 8.72. The van der Waals surface area contributed by atoms with E-state index in [1.165, 1.54) is 22.3 Å². The average Bonchev–Trinajstić information content (AvgIpc) is 3.84. The van der Waals surface area contributed by atoms with Gasteiger partial charge in [-0.25, -0.2) is 0 Å². The number of carbonyl (C=O) groups is 2. The number of rotatable bonds is 10. The number of fused-ring (bicyclic) bond motifs is 2. The van der Waals surface area contributed by atoms with E-state index in [1.54, 1.807) is 21.1 Å². The predicted molar refractivity (Wildman–Crippen MR) is 203 cm³/mol. The molecule has 0 radical (unpaired) electrons. The van der Waals surface area contributed by atoms with E-state index < -0.39 is 0 Å². The molecular formula is C42H43Cl2N3O4. The van der Waals surface area contributed by atoms with Crippen molar-refractivity contribution < 1.29 is 19.1 Å². The van der Waals surface area contributed by atoms with Crippen molar-refractivity contribution in [2.45, 2.75) is 63.6 Å². The van der Waals surface area contributed by atoms with Crippen LogP contribution in [0.1, 0.15) is 66.9 Å². The van der Waals surface area contributed by atoms with Crippen molar-refractivity contribution in [1.82, 2.24) is 15.5 Å². The quantitative estimate of drug-likeness (QED) is 0.171. The lowest BCUT2D eigenvalue weighted by Gasteiger charge is -2.42. The fourth-order valence-corrected chi connectivity index (χ4v) is 9.39. The minimum atomic E-state index is 0.133. The first-order valence-electron chi connectivity index (χ1n) is 18.0. The summed E-state index contributed by atoms with van der Waals surface area (Å²) >= 11 is 14.6. The largest absolute Gasteiger partial charge is 0.496 e. The number of halogens is 2. The zero-order valence-electron chi connectivity index (χ0n) is 29.3. The third-order valence-corrected chi connectivity index (χ3v) is 12.3. The number of aryl methyl sites for hydroxylation is 2. The number of carbonyl (C=O) groups excluding carboxylic acids is 2. The number of ether oxygens (including phenoxy) is 2. The van der Waals surface area contributed by atoms with Crippen molar-refractivity contribution in [2.75, 3.05) is 33.9 Å². The molecule has 51 heavy (non-hydrogen) atoms. The first-order chi connectivity index (χ1) is 24.7. The molecule has 7 nitrogen and oxygen atoms in total. The lowest BCUT2D eigenvalue weighted by atomic mass is 9.91. The molecule has 264 valence electrons. The Balaban J connectivity index is 1.09. The molecule has 2 saturated heterocycles. The molecular weight excluding hydrogens is 681 g/mol. The van der Waals surface area contributed by atoms with Gasteiger partial charge >= 0.3 is 0 Å². The average molecular weight is 725 g/mol. The van der Waals surface area contributed by atoms with Crippen LogP contribution in [0.15, 0.2) is 60.7 Å². The molecule has 8 rings (SSSR count). The Morgan fingerprint density at radius 3 is 1.94 bits per heavy atom. The maximum atomic E-state index is 11.9. The number of Topliss-reactive ketones (excluding diaryl/α,β-unsaturated/α-hetero) is 1. The molecule has 0 bridgehead atoms. The minimum absolute atomic E-state index is 0.133. The van der Waals surface area contributed by atoms with Crippen molar-refractivity contribution >= 4 is 34.9 Å². The molecule has 4 aromatic rings.